The minimum atomic E-state index is -0.441. The molecule has 154 valence electrons. The molecule has 0 radical (unpaired) electrons. The number of carbonyl (C=O) groups is 2. The van der Waals surface area contributed by atoms with Gasteiger partial charge < -0.3 is 4.90 Å². The molecular weight excluding hydrogens is 420 g/mol. The Labute approximate surface area is 182 Å². The van der Waals surface area contributed by atoms with E-state index in [1.54, 1.807) is 41.6 Å². The van der Waals surface area contributed by atoms with Crippen molar-refractivity contribution in [1.82, 2.24) is 0 Å². The maximum absolute atomic E-state index is 13.3. The summed E-state index contributed by atoms with van der Waals surface area (Å²) in [6.45, 7) is 0. The van der Waals surface area contributed by atoms with Gasteiger partial charge >= 0.3 is 0 Å². The molecule has 0 bridgehead atoms. The van der Waals surface area contributed by atoms with Crippen LogP contribution >= 0.6 is 11.6 Å². The summed E-state index contributed by atoms with van der Waals surface area (Å²) in [5, 5.41) is 0.555. The van der Waals surface area contributed by atoms with E-state index in [1.165, 1.54) is 48.5 Å². The van der Waals surface area contributed by atoms with Crippen molar-refractivity contribution < 1.29 is 18.4 Å². The summed E-state index contributed by atoms with van der Waals surface area (Å²) in [6, 6.07) is 17.4. The third-order valence-electron chi connectivity index (χ3n) is 4.89. The highest BCUT2D eigenvalue weighted by Crippen LogP contribution is 2.29. The zero-order chi connectivity index (χ0) is 22.0. The van der Waals surface area contributed by atoms with Crippen molar-refractivity contribution in [2.45, 2.75) is 6.42 Å². The minimum Gasteiger partial charge on any atom is -0.323 e. The van der Waals surface area contributed by atoms with Crippen LogP contribution in [0, 0.1) is 11.6 Å². The fraction of sp³-hybridized carbons (Fsp3) is 0.0400. The Morgan fingerprint density at radius 1 is 0.677 bits per heavy atom. The second-order valence-corrected chi connectivity index (χ2v) is 7.48. The Hall–Kier alpha value is -3.57. The number of hydrogen-bond donors (Lipinski definition) is 0. The normalized spacial score (nSPS) is 13.5. The molecule has 1 aliphatic rings. The summed E-state index contributed by atoms with van der Waals surface area (Å²) in [5.41, 5.74) is 2.08. The fourth-order valence-electron chi connectivity index (χ4n) is 3.28. The van der Waals surface area contributed by atoms with Crippen LogP contribution in [0.2, 0.25) is 5.02 Å². The van der Waals surface area contributed by atoms with E-state index in [-0.39, 0.29) is 18.0 Å². The molecular formula is C25H16ClF2NO2. The number of hydrogen-bond acceptors (Lipinski definition) is 3. The third kappa shape index (κ3) is 4.62. The SMILES string of the molecule is O=C(C1=CN(c2ccc(Cl)cc2)C=C(C(=O)c2ccc(F)cc2)C1)c1ccc(F)cc1. The molecule has 3 nitrogen and oxygen atoms in total. The molecule has 0 aliphatic carbocycles. The highest BCUT2D eigenvalue weighted by molar-refractivity contribution is 6.30. The van der Waals surface area contributed by atoms with Crippen LogP contribution in [-0.2, 0) is 0 Å². The van der Waals surface area contributed by atoms with Crippen LogP contribution in [0.25, 0.3) is 0 Å². The van der Waals surface area contributed by atoms with Crippen LogP contribution in [0.1, 0.15) is 27.1 Å². The zero-order valence-corrected chi connectivity index (χ0v) is 16.9. The molecule has 31 heavy (non-hydrogen) atoms. The quantitative estimate of drug-likeness (QED) is 0.437. The molecule has 6 heteroatoms. The highest BCUT2D eigenvalue weighted by atomic mass is 35.5. The van der Waals surface area contributed by atoms with Gasteiger partial charge in [0.2, 0.25) is 0 Å². The highest BCUT2D eigenvalue weighted by Gasteiger charge is 2.24. The standard InChI is InChI=1S/C25H16ClF2NO2/c26-20-5-11-23(12-6-20)29-14-18(24(30)16-1-7-21(27)8-2-16)13-19(15-29)25(31)17-3-9-22(28)10-4-17/h1-12,14-15H,13H2. The Kier molecular flexibility index (Phi) is 5.78. The summed E-state index contributed by atoms with van der Waals surface area (Å²) in [5.74, 6) is -1.50. The van der Waals surface area contributed by atoms with Crippen LogP contribution in [0.15, 0.2) is 96.3 Å². The molecule has 3 aromatic rings. The van der Waals surface area contributed by atoms with Crippen molar-refractivity contribution in [1.29, 1.82) is 0 Å². The number of ketones is 2. The average Bonchev–Trinajstić information content (AvgIpc) is 2.79. The van der Waals surface area contributed by atoms with E-state index in [9.17, 15) is 18.4 Å². The van der Waals surface area contributed by atoms with Gasteiger partial charge in [0, 0.05) is 51.8 Å². The summed E-state index contributed by atoms with van der Waals surface area (Å²) in [6.07, 6.45) is 3.39. The number of Topliss-reactive ketones (excluding diaryl/α,β-unsaturated/α-hetero) is 2. The summed E-state index contributed by atoms with van der Waals surface area (Å²) < 4.78 is 26.5. The zero-order valence-electron chi connectivity index (χ0n) is 16.2. The van der Waals surface area contributed by atoms with Crippen molar-refractivity contribution in [3.05, 3.63) is 124 Å². The lowest BCUT2D eigenvalue weighted by atomic mass is 9.91. The molecule has 4 rings (SSSR count). The minimum absolute atomic E-state index is 0.0938. The fourth-order valence-corrected chi connectivity index (χ4v) is 3.41. The second-order valence-electron chi connectivity index (χ2n) is 7.04. The molecule has 0 spiro atoms. The molecule has 0 saturated heterocycles. The lowest BCUT2D eigenvalue weighted by Gasteiger charge is -2.25. The largest absolute Gasteiger partial charge is 0.323 e. The van der Waals surface area contributed by atoms with E-state index in [0.29, 0.717) is 33.0 Å². The lowest BCUT2D eigenvalue weighted by molar-refractivity contribution is 0.102. The Morgan fingerprint density at radius 3 is 1.52 bits per heavy atom. The molecule has 1 heterocycles. The van der Waals surface area contributed by atoms with E-state index >= 15 is 0 Å². The smallest absolute Gasteiger partial charge is 0.190 e. The molecule has 0 amide bonds. The summed E-state index contributed by atoms with van der Waals surface area (Å²) >= 11 is 5.98. The van der Waals surface area contributed by atoms with Crippen LogP contribution < -0.4 is 4.90 Å². The van der Waals surface area contributed by atoms with E-state index in [4.69, 9.17) is 11.6 Å². The van der Waals surface area contributed by atoms with Crippen molar-refractivity contribution >= 4 is 28.9 Å². The van der Waals surface area contributed by atoms with Gasteiger partial charge in [-0.2, -0.15) is 0 Å². The maximum atomic E-state index is 13.3. The molecule has 0 unspecified atom stereocenters. The van der Waals surface area contributed by atoms with Gasteiger partial charge in [-0.15, -0.1) is 0 Å². The van der Waals surface area contributed by atoms with Crippen molar-refractivity contribution in [2.24, 2.45) is 0 Å². The number of benzene rings is 3. The number of allylic oxidation sites excluding steroid dienone is 2. The van der Waals surface area contributed by atoms with Gasteiger partial charge in [0.15, 0.2) is 11.6 Å². The van der Waals surface area contributed by atoms with Crippen LogP contribution in [-0.4, -0.2) is 11.6 Å². The van der Waals surface area contributed by atoms with Gasteiger partial charge in [0.1, 0.15) is 11.6 Å². The number of nitrogens with zero attached hydrogens (tertiary/aromatic N) is 1. The lowest BCUT2D eigenvalue weighted by Crippen LogP contribution is -2.21. The molecule has 3 aromatic carbocycles. The molecule has 0 aromatic heterocycles. The number of halogens is 3. The van der Waals surface area contributed by atoms with Crippen LogP contribution in [0.5, 0.6) is 0 Å². The molecule has 0 saturated carbocycles. The van der Waals surface area contributed by atoms with Gasteiger partial charge in [0.05, 0.1) is 0 Å². The predicted molar refractivity (Wildman–Crippen MR) is 116 cm³/mol. The van der Waals surface area contributed by atoms with Crippen LogP contribution in [0.3, 0.4) is 0 Å². The second kappa shape index (κ2) is 8.66. The predicted octanol–water partition coefficient (Wildman–Crippen LogP) is 6.36. The van der Waals surface area contributed by atoms with E-state index in [1.807, 2.05) is 0 Å². The van der Waals surface area contributed by atoms with E-state index in [2.05, 4.69) is 0 Å². The first-order valence-corrected chi connectivity index (χ1v) is 9.84. The third-order valence-corrected chi connectivity index (χ3v) is 5.14. The Balaban J connectivity index is 1.72. The van der Waals surface area contributed by atoms with Gasteiger partial charge in [-0.05, 0) is 72.8 Å². The Morgan fingerprint density at radius 2 is 1.10 bits per heavy atom. The van der Waals surface area contributed by atoms with Crippen molar-refractivity contribution in [3.8, 4) is 0 Å². The van der Waals surface area contributed by atoms with Gasteiger partial charge in [-0.1, -0.05) is 11.6 Å². The van der Waals surface area contributed by atoms with Crippen LogP contribution in [0.4, 0.5) is 14.5 Å². The first kappa shape index (κ1) is 20.7. The van der Waals surface area contributed by atoms with E-state index in [0.717, 1.165) is 0 Å². The molecule has 0 fully saturated rings. The average molecular weight is 436 g/mol. The van der Waals surface area contributed by atoms with Crippen molar-refractivity contribution in [3.63, 3.8) is 0 Å². The Bertz CT molecular complexity index is 1120. The molecule has 1 aliphatic heterocycles. The monoisotopic (exact) mass is 435 g/mol. The van der Waals surface area contributed by atoms with Gasteiger partial charge in [-0.3, -0.25) is 9.59 Å². The maximum Gasteiger partial charge on any atom is 0.190 e. The van der Waals surface area contributed by atoms with Gasteiger partial charge in [-0.25, -0.2) is 8.78 Å². The molecule has 0 atom stereocenters. The van der Waals surface area contributed by atoms with Gasteiger partial charge in [0.25, 0.3) is 0 Å². The topological polar surface area (TPSA) is 37.4 Å². The number of anilines is 1. The number of carbonyl (C=O) groups excluding carboxylic acids is 2. The first-order valence-electron chi connectivity index (χ1n) is 9.46. The van der Waals surface area contributed by atoms with E-state index < -0.39 is 11.6 Å². The first-order chi connectivity index (χ1) is 14.9. The summed E-state index contributed by atoms with van der Waals surface area (Å²) in [7, 11) is 0. The van der Waals surface area contributed by atoms with Crippen molar-refractivity contribution in [2.75, 3.05) is 4.90 Å². The molecule has 0 N–H and O–H groups in total. The number of rotatable bonds is 5. The summed E-state index contributed by atoms with van der Waals surface area (Å²) in [4.78, 5) is 27.8.